The van der Waals surface area contributed by atoms with Gasteiger partial charge in [-0.05, 0) is 24.0 Å². The molecule has 0 aliphatic heterocycles. The summed E-state index contributed by atoms with van der Waals surface area (Å²) >= 11 is 0. The highest BCUT2D eigenvalue weighted by molar-refractivity contribution is 5.31. The van der Waals surface area contributed by atoms with E-state index in [1.54, 1.807) is 0 Å². The Morgan fingerprint density at radius 1 is 1.14 bits per heavy atom. The number of rotatable bonds is 2. The van der Waals surface area contributed by atoms with Crippen molar-refractivity contribution in [2.45, 2.75) is 25.7 Å². The van der Waals surface area contributed by atoms with E-state index in [-0.39, 0.29) is 0 Å². The highest BCUT2D eigenvalue weighted by Crippen LogP contribution is 2.24. The largest absolute Gasteiger partial charge is 0.0836 e. The molecule has 2 rings (SSSR count). The topological polar surface area (TPSA) is 0 Å². The summed E-state index contributed by atoms with van der Waals surface area (Å²) in [7, 11) is 0. The summed E-state index contributed by atoms with van der Waals surface area (Å²) < 4.78 is 0. The van der Waals surface area contributed by atoms with Crippen molar-refractivity contribution in [1.29, 1.82) is 0 Å². The monoisotopic (exact) mass is 184 g/mol. The third-order valence-electron chi connectivity index (χ3n) is 2.80. The summed E-state index contributed by atoms with van der Waals surface area (Å²) in [6.45, 7) is 2.19. The van der Waals surface area contributed by atoms with Gasteiger partial charge in [0, 0.05) is 5.92 Å². The van der Waals surface area contributed by atoms with Gasteiger partial charge < -0.3 is 0 Å². The molecule has 0 bridgehead atoms. The van der Waals surface area contributed by atoms with Gasteiger partial charge in [-0.2, -0.15) is 0 Å². The number of aryl methyl sites for hydroxylation is 1. The number of hydrogen-bond acceptors (Lipinski definition) is 0. The Hall–Kier alpha value is -1.30. The fourth-order valence-corrected chi connectivity index (χ4v) is 1.83. The second kappa shape index (κ2) is 4.28. The van der Waals surface area contributed by atoms with Crippen LogP contribution >= 0.6 is 0 Å². The maximum Gasteiger partial charge on any atom is 0.00557 e. The minimum atomic E-state index is 0.589. The van der Waals surface area contributed by atoms with E-state index in [0.29, 0.717) is 5.92 Å². The molecule has 1 aromatic carbocycles. The first-order valence-corrected chi connectivity index (χ1v) is 5.32. The third-order valence-corrected chi connectivity index (χ3v) is 2.80. The van der Waals surface area contributed by atoms with Crippen molar-refractivity contribution in [3.8, 4) is 0 Å². The van der Waals surface area contributed by atoms with Crippen molar-refractivity contribution in [3.63, 3.8) is 0 Å². The summed E-state index contributed by atoms with van der Waals surface area (Å²) in [4.78, 5) is 0. The van der Waals surface area contributed by atoms with E-state index in [2.05, 4.69) is 55.5 Å². The minimum Gasteiger partial charge on any atom is -0.0836 e. The van der Waals surface area contributed by atoms with Gasteiger partial charge in [0.25, 0.3) is 0 Å². The molecule has 0 radical (unpaired) electrons. The van der Waals surface area contributed by atoms with Crippen LogP contribution in [0.4, 0.5) is 0 Å². The van der Waals surface area contributed by atoms with Gasteiger partial charge in [0.1, 0.15) is 0 Å². The van der Waals surface area contributed by atoms with Gasteiger partial charge >= 0.3 is 0 Å². The molecule has 1 unspecified atom stereocenters. The second-order valence-electron chi connectivity index (χ2n) is 3.75. The molecule has 0 fully saturated rings. The predicted octanol–water partition coefficient (Wildman–Crippen LogP) is 3.85. The Morgan fingerprint density at radius 2 is 1.93 bits per heavy atom. The molecule has 0 heteroatoms. The summed E-state index contributed by atoms with van der Waals surface area (Å²) in [5.41, 5.74) is 2.85. The first-order valence-electron chi connectivity index (χ1n) is 5.32. The fourth-order valence-electron chi connectivity index (χ4n) is 1.83. The van der Waals surface area contributed by atoms with Gasteiger partial charge in [-0.15, -0.1) is 0 Å². The van der Waals surface area contributed by atoms with Crippen molar-refractivity contribution < 1.29 is 0 Å². The Bertz CT molecular complexity index is 341. The zero-order valence-electron chi connectivity index (χ0n) is 8.61. The second-order valence-corrected chi connectivity index (χ2v) is 3.75. The van der Waals surface area contributed by atoms with E-state index < -0.39 is 0 Å². The van der Waals surface area contributed by atoms with Crippen LogP contribution in [0.5, 0.6) is 0 Å². The van der Waals surface area contributed by atoms with Crippen molar-refractivity contribution >= 4 is 0 Å². The zero-order chi connectivity index (χ0) is 9.80. The molecule has 72 valence electrons. The number of benzene rings is 1. The molecule has 0 nitrogen and oxygen atoms in total. The van der Waals surface area contributed by atoms with Crippen molar-refractivity contribution in [3.05, 3.63) is 59.7 Å². The van der Waals surface area contributed by atoms with Crippen LogP contribution in [-0.4, -0.2) is 0 Å². The zero-order valence-corrected chi connectivity index (χ0v) is 8.61. The standard InChI is InChI=1S/C14H16/c1-2-12-8-10-14(11-9-12)13-6-4-3-5-7-13/h3-6,8-11,13H,2,7H2,1H3. The molecule has 1 atom stereocenters. The lowest BCUT2D eigenvalue weighted by Crippen LogP contribution is -1.96. The Labute approximate surface area is 86.0 Å². The van der Waals surface area contributed by atoms with Gasteiger partial charge in [0.2, 0.25) is 0 Å². The van der Waals surface area contributed by atoms with Gasteiger partial charge in [-0.1, -0.05) is 55.5 Å². The lowest BCUT2D eigenvalue weighted by Gasteiger charge is -2.13. The van der Waals surface area contributed by atoms with Gasteiger partial charge in [-0.25, -0.2) is 0 Å². The van der Waals surface area contributed by atoms with Crippen LogP contribution in [0.3, 0.4) is 0 Å². The lowest BCUT2D eigenvalue weighted by atomic mass is 9.92. The maximum atomic E-state index is 2.28. The first kappa shape index (κ1) is 9.26. The van der Waals surface area contributed by atoms with Crippen LogP contribution in [0.15, 0.2) is 48.6 Å². The van der Waals surface area contributed by atoms with Gasteiger partial charge in [0.15, 0.2) is 0 Å². The predicted molar refractivity (Wildman–Crippen MR) is 61.5 cm³/mol. The quantitative estimate of drug-likeness (QED) is 0.655. The molecule has 0 saturated carbocycles. The molecule has 1 aliphatic rings. The SMILES string of the molecule is CCc1ccc(C2C=CC=CC2)cc1. The summed E-state index contributed by atoms with van der Waals surface area (Å²) in [5, 5.41) is 0. The molecule has 0 saturated heterocycles. The normalized spacial score (nSPS) is 19.9. The molecule has 1 aliphatic carbocycles. The van der Waals surface area contributed by atoms with Gasteiger partial charge in [0.05, 0.1) is 0 Å². The van der Waals surface area contributed by atoms with Crippen LogP contribution < -0.4 is 0 Å². The van der Waals surface area contributed by atoms with Gasteiger partial charge in [-0.3, -0.25) is 0 Å². The highest BCUT2D eigenvalue weighted by Gasteiger charge is 2.07. The van der Waals surface area contributed by atoms with E-state index in [1.165, 1.54) is 11.1 Å². The van der Waals surface area contributed by atoms with E-state index in [0.717, 1.165) is 12.8 Å². The molecule has 0 N–H and O–H groups in total. The van der Waals surface area contributed by atoms with Crippen molar-refractivity contribution in [1.82, 2.24) is 0 Å². The van der Waals surface area contributed by atoms with Crippen LogP contribution in [0, 0.1) is 0 Å². The summed E-state index contributed by atoms with van der Waals surface area (Å²) in [6, 6.07) is 8.99. The Kier molecular flexibility index (Phi) is 2.83. The molecule has 1 aromatic rings. The third kappa shape index (κ3) is 1.95. The smallest absolute Gasteiger partial charge is 0.00557 e. The van der Waals surface area contributed by atoms with E-state index in [4.69, 9.17) is 0 Å². The Morgan fingerprint density at radius 3 is 2.50 bits per heavy atom. The molecule has 14 heavy (non-hydrogen) atoms. The molecule has 0 amide bonds. The summed E-state index contributed by atoms with van der Waals surface area (Å²) in [5.74, 6) is 0.589. The van der Waals surface area contributed by atoms with E-state index in [9.17, 15) is 0 Å². The van der Waals surface area contributed by atoms with Crippen molar-refractivity contribution in [2.24, 2.45) is 0 Å². The minimum absolute atomic E-state index is 0.589. The molecule has 0 spiro atoms. The number of hydrogen-bond donors (Lipinski definition) is 0. The van der Waals surface area contributed by atoms with Crippen molar-refractivity contribution in [2.75, 3.05) is 0 Å². The summed E-state index contributed by atoms with van der Waals surface area (Å²) in [6.07, 6.45) is 11.0. The van der Waals surface area contributed by atoms with Crippen LogP contribution in [0.2, 0.25) is 0 Å². The van der Waals surface area contributed by atoms with Crippen LogP contribution in [0.25, 0.3) is 0 Å². The number of allylic oxidation sites excluding steroid dienone is 4. The van der Waals surface area contributed by atoms with Crippen LogP contribution in [0.1, 0.15) is 30.4 Å². The average Bonchev–Trinajstić information content (AvgIpc) is 2.30. The van der Waals surface area contributed by atoms with E-state index >= 15 is 0 Å². The van der Waals surface area contributed by atoms with Crippen LogP contribution in [-0.2, 0) is 6.42 Å². The average molecular weight is 184 g/mol. The highest BCUT2D eigenvalue weighted by atomic mass is 14.1. The first-order chi connectivity index (χ1) is 6.90. The fraction of sp³-hybridized carbons (Fsp3) is 0.286. The van der Waals surface area contributed by atoms with E-state index in [1.807, 2.05) is 0 Å². The Balaban J connectivity index is 2.16. The maximum absolute atomic E-state index is 2.28. The molecular weight excluding hydrogens is 168 g/mol. The molecule has 0 heterocycles. The molecule has 0 aromatic heterocycles. The molecular formula is C14H16. The lowest BCUT2D eigenvalue weighted by molar-refractivity contribution is 0.852.